The predicted molar refractivity (Wildman–Crippen MR) is 91.2 cm³/mol. The fourth-order valence-electron chi connectivity index (χ4n) is 3.13. The van der Waals surface area contributed by atoms with Gasteiger partial charge in [-0.3, -0.25) is 0 Å². The summed E-state index contributed by atoms with van der Waals surface area (Å²) in [5.74, 6) is 1.33. The standard InChI is InChI=1S/C20H16O3/c21-17-9-8-14-11-16-6-3-5-15(20(16)23-19(14)12-17)10-13-4-1-2-7-18(13)22/h1-2,4,7-12H,3,5-6H2,(H-,21,22)/p+1/b15-10-. The van der Waals surface area contributed by atoms with Crippen LogP contribution in [-0.2, 0) is 6.42 Å². The highest BCUT2D eigenvalue weighted by Crippen LogP contribution is 2.36. The molecule has 0 saturated carbocycles. The van der Waals surface area contributed by atoms with Gasteiger partial charge in [0.25, 0.3) is 0 Å². The second kappa shape index (κ2) is 5.43. The zero-order valence-corrected chi connectivity index (χ0v) is 12.6. The number of aromatic hydroxyl groups is 2. The third-order valence-corrected chi connectivity index (χ3v) is 4.28. The zero-order chi connectivity index (χ0) is 15.8. The fraction of sp³-hybridized carbons (Fsp3) is 0.150. The maximum absolute atomic E-state index is 9.99. The molecule has 0 saturated heterocycles. The molecule has 1 aliphatic carbocycles. The second-order valence-corrected chi connectivity index (χ2v) is 5.90. The van der Waals surface area contributed by atoms with Crippen LogP contribution in [0.15, 0.2) is 52.9 Å². The first kappa shape index (κ1) is 13.8. The third-order valence-electron chi connectivity index (χ3n) is 4.28. The van der Waals surface area contributed by atoms with E-state index in [0.717, 1.165) is 41.5 Å². The molecule has 3 nitrogen and oxygen atoms in total. The highest BCUT2D eigenvalue weighted by atomic mass is 16.3. The number of fused-ring (bicyclic) bond motifs is 2. The van der Waals surface area contributed by atoms with Gasteiger partial charge in [0.2, 0.25) is 0 Å². The lowest BCUT2D eigenvalue weighted by atomic mass is 9.90. The van der Waals surface area contributed by atoms with Crippen LogP contribution in [0.25, 0.3) is 22.6 Å². The summed E-state index contributed by atoms with van der Waals surface area (Å²) in [6, 6.07) is 14.6. The van der Waals surface area contributed by atoms with Crippen molar-refractivity contribution in [2.75, 3.05) is 0 Å². The van der Waals surface area contributed by atoms with Crippen LogP contribution in [0.4, 0.5) is 0 Å². The van der Waals surface area contributed by atoms with Gasteiger partial charge in [-0.25, -0.2) is 4.42 Å². The van der Waals surface area contributed by atoms with Gasteiger partial charge >= 0.3 is 11.3 Å². The average molecular weight is 305 g/mol. The third kappa shape index (κ3) is 2.55. The van der Waals surface area contributed by atoms with Crippen LogP contribution in [0.2, 0.25) is 0 Å². The Balaban J connectivity index is 1.89. The second-order valence-electron chi connectivity index (χ2n) is 5.90. The van der Waals surface area contributed by atoms with E-state index < -0.39 is 0 Å². The molecule has 0 radical (unpaired) electrons. The van der Waals surface area contributed by atoms with Gasteiger partial charge in [-0.15, -0.1) is 0 Å². The zero-order valence-electron chi connectivity index (χ0n) is 12.6. The molecule has 2 N–H and O–H groups in total. The van der Waals surface area contributed by atoms with Crippen LogP contribution in [0.5, 0.6) is 11.5 Å². The normalized spacial score (nSPS) is 15.7. The van der Waals surface area contributed by atoms with Crippen LogP contribution < -0.4 is 0 Å². The van der Waals surface area contributed by atoms with Crippen molar-refractivity contribution >= 4 is 22.6 Å². The van der Waals surface area contributed by atoms with E-state index in [4.69, 9.17) is 4.42 Å². The van der Waals surface area contributed by atoms with Gasteiger partial charge in [-0.05, 0) is 49.6 Å². The Morgan fingerprint density at radius 2 is 1.83 bits per heavy atom. The number of phenolic OH excluding ortho intramolecular Hbond substituents is 2. The van der Waals surface area contributed by atoms with Gasteiger partial charge in [-0.2, -0.15) is 0 Å². The summed E-state index contributed by atoms with van der Waals surface area (Å²) in [4.78, 5) is 0. The summed E-state index contributed by atoms with van der Waals surface area (Å²) in [6.45, 7) is 0. The van der Waals surface area contributed by atoms with Crippen molar-refractivity contribution in [2.24, 2.45) is 0 Å². The predicted octanol–water partition coefficient (Wildman–Crippen LogP) is 5.00. The lowest BCUT2D eigenvalue weighted by Crippen LogP contribution is -2.02. The Kier molecular flexibility index (Phi) is 3.27. The number of rotatable bonds is 1. The van der Waals surface area contributed by atoms with Crippen molar-refractivity contribution in [3.8, 4) is 11.5 Å². The van der Waals surface area contributed by atoms with E-state index in [9.17, 15) is 10.2 Å². The van der Waals surface area contributed by atoms with E-state index in [1.165, 1.54) is 5.56 Å². The molecular formula is C20H17O3+. The lowest BCUT2D eigenvalue weighted by Gasteiger charge is -2.11. The molecule has 1 aromatic heterocycles. The highest BCUT2D eigenvalue weighted by Gasteiger charge is 2.27. The summed E-state index contributed by atoms with van der Waals surface area (Å²) < 4.78 is 6.08. The fourth-order valence-corrected chi connectivity index (χ4v) is 3.13. The van der Waals surface area contributed by atoms with E-state index in [0.29, 0.717) is 5.58 Å². The van der Waals surface area contributed by atoms with Gasteiger partial charge in [-0.1, -0.05) is 18.2 Å². The number of hydrogen-bond donors (Lipinski definition) is 2. The Morgan fingerprint density at radius 1 is 0.957 bits per heavy atom. The molecule has 114 valence electrons. The topological polar surface area (TPSA) is 51.8 Å². The quantitative estimate of drug-likeness (QED) is 0.622. The first-order valence-corrected chi connectivity index (χ1v) is 7.78. The Morgan fingerprint density at radius 3 is 2.70 bits per heavy atom. The molecule has 0 spiro atoms. The first-order valence-electron chi connectivity index (χ1n) is 7.78. The number of benzene rings is 2. The monoisotopic (exact) mass is 305 g/mol. The Labute approximate surface area is 134 Å². The Hall–Kier alpha value is -2.81. The first-order chi connectivity index (χ1) is 11.2. The molecule has 0 aliphatic heterocycles. The molecule has 1 aliphatic rings. The lowest BCUT2D eigenvalue weighted by molar-refractivity contribution is 0.473. The van der Waals surface area contributed by atoms with Crippen molar-refractivity contribution in [2.45, 2.75) is 19.3 Å². The minimum Gasteiger partial charge on any atom is -0.508 e. The number of hydrogen-bond acceptors (Lipinski definition) is 2. The minimum absolute atomic E-state index is 0.197. The number of aryl methyl sites for hydroxylation is 1. The van der Waals surface area contributed by atoms with E-state index in [-0.39, 0.29) is 11.5 Å². The molecule has 2 aromatic carbocycles. The van der Waals surface area contributed by atoms with Crippen molar-refractivity contribution in [1.82, 2.24) is 0 Å². The maximum Gasteiger partial charge on any atom is 0.364 e. The van der Waals surface area contributed by atoms with Gasteiger partial charge in [0.15, 0.2) is 0 Å². The van der Waals surface area contributed by atoms with Gasteiger partial charge in [0, 0.05) is 5.56 Å². The molecule has 3 aromatic rings. The molecule has 4 rings (SSSR count). The van der Waals surface area contributed by atoms with Crippen molar-refractivity contribution in [3.63, 3.8) is 0 Å². The number of allylic oxidation sites excluding steroid dienone is 1. The molecule has 0 fully saturated rings. The summed E-state index contributed by atoms with van der Waals surface area (Å²) in [5.41, 5.74) is 3.73. The van der Waals surface area contributed by atoms with Crippen LogP contribution in [0, 0.1) is 0 Å². The van der Waals surface area contributed by atoms with Gasteiger partial charge in [0.1, 0.15) is 11.5 Å². The van der Waals surface area contributed by atoms with Crippen LogP contribution in [0.1, 0.15) is 29.7 Å². The van der Waals surface area contributed by atoms with Gasteiger partial charge in [0.05, 0.1) is 22.6 Å². The molecular weight excluding hydrogens is 288 g/mol. The average Bonchev–Trinajstić information content (AvgIpc) is 2.55. The van der Waals surface area contributed by atoms with Crippen molar-refractivity contribution in [1.29, 1.82) is 0 Å². The molecule has 3 heteroatoms. The molecule has 1 heterocycles. The summed E-state index contributed by atoms with van der Waals surface area (Å²) in [7, 11) is 0. The van der Waals surface area contributed by atoms with E-state index >= 15 is 0 Å². The van der Waals surface area contributed by atoms with Crippen LogP contribution >= 0.6 is 0 Å². The van der Waals surface area contributed by atoms with E-state index in [1.807, 2.05) is 30.3 Å². The Bertz CT molecular complexity index is 925. The summed E-state index contributed by atoms with van der Waals surface area (Å²) in [6.07, 6.45) is 4.94. The van der Waals surface area contributed by atoms with Crippen LogP contribution in [-0.4, -0.2) is 10.2 Å². The maximum atomic E-state index is 9.99. The SMILES string of the molecule is Oc1ccc2cc3c([o+]c2c1)/C(=C\c1ccccc1O)CCC3. The molecule has 0 unspecified atom stereocenters. The minimum atomic E-state index is 0.197. The molecule has 23 heavy (non-hydrogen) atoms. The number of phenols is 2. The molecule has 0 amide bonds. The van der Waals surface area contributed by atoms with Crippen molar-refractivity contribution in [3.05, 3.63) is 65.4 Å². The van der Waals surface area contributed by atoms with E-state index in [2.05, 4.69) is 6.07 Å². The van der Waals surface area contributed by atoms with E-state index in [1.54, 1.807) is 18.2 Å². The molecule has 0 bridgehead atoms. The summed E-state index contributed by atoms with van der Waals surface area (Å²) >= 11 is 0. The summed E-state index contributed by atoms with van der Waals surface area (Å²) in [5, 5.41) is 20.6. The number of para-hydroxylation sites is 1. The van der Waals surface area contributed by atoms with Crippen molar-refractivity contribution < 1.29 is 14.6 Å². The van der Waals surface area contributed by atoms with Crippen LogP contribution in [0.3, 0.4) is 0 Å². The largest absolute Gasteiger partial charge is 0.508 e. The highest BCUT2D eigenvalue weighted by molar-refractivity contribution is 5.86. The smallest absolute Gasteiger partial charge is 0.364 e. The van der Waals surface area contributed by atoms with Gasteiger partial charge < -0.3 is 10.2 Å². The molecule has 0 atom stereocenters.